The van der Waals surface area contributed by atoms with Gasteiger partial charge in [0.05, 0.1) is 6.54 Å². The molecule has 1 rings (SSSR count). The molecule has 0 aliphatic rings. The first-order valence-electron chi connectivity index (χ1n) is 7.50. The van der Waals surface area contributed by atoms with Crippen LogP contribution in [0.1, 0.15) is 38.8 Å². The molecule has 22 heavy (non-hydrogen) atoms. The van der Waals surface area contributed by atoms with Crippen LogP contribution in [-0.2, 0) is 4.79 Å². The molecule has 0 aromatic heterocycles. The van der Waals surface area contributed by atoms with Crippen LogP contribution in [0.2, 0.25) is 0 Å². The second kappa shape index (κ2) is 9.15. The Hall–Kier alpha value is -1.95. The third-order valence-electron chi connectivity index (χ3n) is 3.17. The molecule has 0 aliphatic carbocycles. The van der Waals surface area contributed by atoms with Crippen molar-refractivity contribution in [1.29, 1.82) is 0 Å². The summed E-state index contributed by atoms with van der Waals surface area (Å²) in [4.78, 5) is 23.1. The monoisotopic (exact) mass is 309 g/mol. The fourth-order valence-corrected chi connectivity index (χ4v) is 2.06. The predicted octanol–water partition coefficient (Wildman–Crippen LogP) is 2.35. The summed E-state index contributed by atoms with van der Waals surface area (Å²) < 4.78 is 13.0. The SMILES string of the molecule is CCCNC(=O)NC(=O)CN[C@@H](c1ccc(F)cc1)C(C)C. The van der Waals surface area contributed by atoms with Gasteiger partial charge < -0.3 is 10.6 Å². The quantitative estimate of drug-likeness (QED) is 0.724. The largest absolute Gasteiger partial charge is 0.338 e. The maximum Gasteiger partial charge on any atom is 0.321 e. The van der Waals surface area contributed by atoms with Gasteiger partial charge in [0.25, 0.3) is 0 Å². The molecule has 0 aliphatic heterocycles. The number of imide groups is 1. The zero-order chi connectivity index (χ0) is 16.5. The molecule has 0 unspecified atom stereocenters. The Labute approximate surface area is 130 Å². The van der Waals surface area contributed by atoms with Crippen LogP contribution in [0.3, 0.4) is 0 Å². The van der Waals surface area contributed by atoms with E-state index in [1.54, 1.807) is 12.1 Å². The van der Waals surface area contributed by atoms with Gasteiger partial charge in [0.15, 0.2) is 0 Å². The average molecular weight is 309 g/mol. The number of rotatable bonds is 7. The maximum atomic E-state index is 13.0. The minimum absolute atomic E-state index is 0.0137. The fraction of sp³-hybridized carbons (Fsp3) is 0.500. The molecular formula is C16H24FN3O2. The van der Waals surface area contributed by atoms with Crippen LogP contribution in [0.4, 0.5) is 9.18 Å². The number of carbonyl (C=O) groups excluding carboxylic acids is 2. The van der Waals surface area contributed by atoms with Gasteiger partial charge in [-0.25, -0.2) is 9.18 Å². The normalized spacial score (nSPS) is 12.0. The number of benzene rings is 1. The van der Waals surface area contributed by atoms with Gasteiger partial charge in [0, 0.05) is 12.6 Å². The smallest absolute Gasteiger partial charge is 0.321 e. The molecule has 0 saturated carbocycles. The highest BCUT2D eigenvalue weighted by Gasteiger charge is 2.17. The molecule has 1 aromatic carbocycles. The van der Waals surface area contributed by atoms with Gasteiger partial charge in [-0.05, 0) is 30.0 Å². The Morgan fingerprint density at radius 2 is 1.82 bits per heavy atom. The van der Waals surface area contributed by atoms with Crippen molar-refractivity contribution in [1.82, 2.24) is 16.0 Å². The molecule has 1 aromatic rings. The number of carbonyl (C=O) groups is 2. The molecule has 1 atom stereocenters. The number of halogens is 1. The van der Waals surface area contributed by atoms with Gasteiger partial charge in [-0.3, -0.25) is 10.1 Å². The summed E-state index contributed by atoms with van der Waals surface area (Å²) in [5.74, 6) is -0.481. The first-order chi connectivity index (χ1) is 10.4. The van der Waals surface area contributed by atoms with Crippen LogP contribution in [0.25, 0.3) is 0 Å². The highest BCUT2D eigenvalue weighted by molar-refractivity contribution is 5.95. The molecular weight excluding hydrogens is 285 g/mol. The van der Waals surface area contributed by atoms with E-state index in [1.807, 2.05) is 20.8 Å². The minimum atomic E-state index is -0.489. The van der Waals surface area contributed by atoms with Gasteiger partial charge in [-0.2, -0.15) is 0 Å². The molecule has 122 valence electrons. The summed E-state index contributed by atoms with van der Waals surface area (Å²) in [6.07, 6.45) is 0.805. The van der Waals surface area contributed by atoms with Gasteiger partial charge in [-0.15, -0.1) is 0 Å². The second-order valence-corrected chi connectivity index (χ2v) is 5.46. The molecule has 5 nitrogen and oxygen atoms in total. The number of urea groups is 1. The Balaban J connectivity index is 2.52. The maximum absolute atomic E-state index is 13.0. The molecule has 0 heterocycles. The van der Waals surface area contributed by atoms with Crippen molar-refractivity contribution in [2.75, 3.05) is 13.1 Å². The predicted molar refractivity (Wildman–Crippen MR) is 83.8 cm³/mol. The van der Waals surface area contributed by atoms with E-state index in [4.69, 9.17) is 0 Å². The summed E-state index contributed by atoms with van der Waals surface area (Å²) in [6, 6.07) is 5.59. The highest BCUT2D eigenvalue weighted by atomic mass is 19.1. The van der Waals surface area contributed by atoms with Crippen LogP contribution in [0, 0.1) is 11.7 Å². The highest BCUT2D eigenvalue weighted by Crippen LogP contribution is 2.21. The van der Waals surface area contributed by atoms with Gasteiger partial charge >= 0.3 is 6.03 Å². The zero-order valence-electron chi connectivity index (χ0n) is 13.3. The van der Waals surface area contributed by atoms with Crippen molar-refractivity contribution in [2.45, 2.75) is 33.2 Å². The van der Waals surface area contributed by atoms with Crippen molar-refractivity contribution >= 4 is 11.9 Å². The first kappa shape index (κ1) is 18.1. The van der Waals surface area contributed by atoms with Crippen LogP contribution < -0.4 is 16.0 Å². The second-order valence-electron chi connectivity index (χ2n) is 5.46. The number of amides is 3. The van der Waals surface area contributed by atoms with Crippen molar-refractivity contribution in [3.8, 4) is 0 Å². The van der Waals surface area contributed by atoms with Crippen molar-refractivity contribution in [3.05, 3.63) is 35.6 Å². The van der Waals surface area contributed by atoms with Gasteiger partial charge in [-0.1, -0.05) is 32.9 Å². The van der Waals surface area contributed by atoms with E-state index < -0.39 is 11.9 Å². The molecule has 0 bridgehead atoms. The van der Waals surface area contributed by atoms with Crippen LogP contribution in [0.15, 0.2) is 24.3 Å². The molecule has 3 amide bonds. The summed E-state index contributed by atoms with van der Waals surface area (Å²) in [7, 11) is 0. The molecule has 0 spiro atoms. The molecule has 6 heteroatoms. The Bertz CT molecular complexity index is 489. The van der Waals surface area contributed by atoms with E-state index in [-0.39, 0.29) is 24.3 Å². The molecule has 0 saturated heterocycles. The standard InChI is InChI=1S/C16H24FN3O2/c1-4-9-18-16(22)20-14(21)10-19-15(11(2)3)12-5-7-13(17)8-6-12/h5-8,11,15,19H,4,9-10H2,1-3H3,(H2,18,20,21,22)/t15-/m1/s1. The first-order valence-corrected chi connectivity index (χ1v) is 7.50. The number of hydrogen-bond acceptors (Lipinski definition) is 3. The lowest BCUT2D eigenvalue weighted by Gasteiger charge is -2.22. The van der Waals surface area contributed by atoms with Crippen molar-refractivity contribution < 1.29 is 14.0 Å². The Kier molecular flexibility index (Phi) is 7.52. The number of nitrogens with one attached hydrogen (secondary N) is 3. The third kappa shape index (κ3) is 6.22. The zero-order valence-corrected chi connectivity index (χ0v) is 13.3. The summed E-state index contributed by atoms with van der Waals surface area (Å²) in [5, 5.41) is 7.93. The van der Waals surface area contributed by atoms with Gasteiger partial charge in [0.2, 0.25) is 5.91 Å². The fourth-order valence-electron chi connectivity index (χ4n) is 2.06. The lowest BCUT2D eigenvalue weighted by Crippen LogP contribution is -2.44. The van der Waals surface area contributed by atoms with Crippen LogP contribution in [-0.4, -0.2) is 25.0 Å². The topological polar surface area (TPSA) is 70.2 Å². The summed E-state index contributed by atoms with van der Waals surface area (Å²) in [5.41, 5.74) is 0.902. The van der Waals surface area contributed by atoms with Crippen molar-refractivity contribution in [3.63, 3.8) is 0 Å². The van der Waals surface area contributed by atoms with Crippen LogP contribution >= 0.6 is 0 Å². The summed E-state index contributed by atoms with van der Waals surface area (Å²) >= 11 is 0. The molecule has 0 radical (unpaired) electrons. The van der Waals surface area contributed by atoms with Crippen LogP contribution in [0.5, 0.6) is 0 Å². The van der Waals surface area contributed by atoms with E-state index in [0.717, 1.165) is 12.0 Å². The lowest BCUT2D eigenvalue weighted by molar-refractivity contribution is -0.119. The molecule has 0 fully saturated rings. The van der Waals surface area contributed by atoms with Crippen molar-refractivity contribution in [2.24, 2.45) is 5.92 Å². The van der Waals surface area contributed by atoms with E-state index in [9.17, 15) is 14.0 Å². The van der Waals surface area contributed by atoms with E-state index in [0.29, 0.717) is 6.54 Å². The Morgan fingerprint density at radius 3 is 2.36 bits per heavy atom. The van der Waals surface area contributed by atoms with E-state index >= 15 is 0 Å². The van der Waals surface area contributed by atoms with E-state index in [2.05, 4.69) is 16.0 Å². The molecule has 3 N–H and O–H groups in total. The minimum Gasteiger partial charge on any atom is -0.338 e. The lowest BCUT2D eigenvalue weighted by atomic mass is 9.96. The average Bonchev–Trinajstić information content (AvgIpc) is 2.46. The van der Waals surface area contributed by atoms with E-state index in [1.165, 1.54) is 12.1 Å². The summed E-state index contributed by atoms with van der Waals surface area (Å²) in [6.45, 7) is 6.48. The Morgan fingerprint density at radius 1 is 1.18 bits per heavy atom. The number of hydrogen-bond donors (Lipinski definition) is 3. The van der Waals surface area contributed by atoms with Gasteiger partial charge in [0.1, 0.15) is 5.82 Å². The third-order valence-corrected chi connectivity index (χ3v) is 3.17.